The monoisotopic (exact) mass is 414 g/mol. The highest BCUT2D eigenvalue weighted by molar-refractivity contribution is 9.10. The van der Waals surface area contributed by atoms with Crippen LogP contribution in [0.4, 0.5) is 5.69 Å². The van der Waals surface area contributed by atoms with Crippen molar-refractivity contribution >= 4 is 33.4 Å². The van der Waals surface area contributed by atoms with Gasteiger partial charge in [-0.3, -0.25) is 0 Å². The molecule has 1 atom stereocenters. The van der Waals surface area contributed by atoms with Crippen LogP contribution in [0.3, 0.4) is 0 Å². The summed E-state index contributed by atoms with van der Waals surface area (Å²) in [6.45, 7) is 2.06. The minimum Gasteiger partial charge on any atom is -0.448 e. The van der Waals surface area contributed by atoms with Crippen molar-refractivity contribution in [3.8, 4) is 17.1 Å². The molecule has 0 unspecified atom stereocenters. The second kappa shape index (κ2) is 6.65. The normalized spacial score (nSPS) is 15.4. The lowest BCUT2D eigenvalue weighted by molar-refractivity contribution is 0.225. The quantitative estimate of drug-likeness (QED) is 0.605. The highest BCUT2D eigenvalue weighted by atomic mass is 79.9. The first-order valence-corrected chi connectivity index (χ1v) is 9.74. The number of nitrogens with one attached hydrogen (secondary N) is 1. The number of fused-ring (bicyclic) bond motifs is 3. The van der Waals surface area contributed by atoms with E-state index >= 15 is 0 Å². The molecular weight excluding hydrogens is 400 g/mol. The maximum absolute atomic E-state index is 6.19. The number of nitrogens with zero attached hydrogens (tertiary/aromatic N) is 3. The Balaban J connectivity index is 1.87. The van der Waals surface area contributed by atoms with E-state index in [1.165, 1.54) is 17.3 Å². The number of thioether (sulfide) groups is 1. The van der Waals surface area contributed by atoms with E-state index in [0.717, 1.165) is 21.3 Å². The molecule has 1 N–H and O–H groups in total. The van der Waals surface area contributed by atoms with E-state index in [0.29, 0.717) is 16.7 Å². The number of aromatic nitrogens is 3. The Kier molecular flexibility index (Phi) is 4.35. The van der Waals surface area contributed by atoms with Crippen molar-refractivity contribution in [2.24, 2.45) is 0 Å². The minimum absolute atomic E-state index is 0.354. The van der Waals surface area contributed by atoms with Crippen LogP contribution in [0, 0.1) is 6.92 Å². The molecule has 126 valence electrons. The number of rotatable bonds is 2. The Hall–Kier alpha value is -2.12. The van der Waals surface area contributed by atoms with Gasteiger partial charge in [0.2, 0.25) is 11.0 Å². The van der Waals surface area contributed by atoms with Crippen molar-refractivity contribution < 1.29 is 4.74 Å². The molecule has 0 saturated carbocycles. The summed E-state index contributed by atoms with van der Waals surface area (Å²) < 4.78 is 7.16. The summed E-state index contributed by atoms with van der Waals surface area (Å²) in [5.74, 6) is 0.481. The van der Waals surface area contributed by atoms with Crippen molar-refractivity contribution in [1.29, 1.82) is 0 Å². The van der Waals surface area contributed by atoms with Crippen molar-refractivity contribution in [2.45, 2.75) is 18.3 Å². The number of ether oxygens (including phenoxy) is 1. The van der Waals surface area contributed by atoms with Gasteiger partial charge in [-0.15, -0.1) is 10.2 Å². The van der Waals surface area contributed by atoms with Gasteiger partial charge in [0, 0.05) is 21.3 Å². The van der Waals surface area contributed by atoms with Crippen molar-refractivity contribution in [3.05, 3.63) is 58.1 Å². The standard InChI is InChI=1S/C18H15BrN4OS/c1-10-3-5-11(6-4-10)16-20-14-8-7-12(19)9-13(14)15-17(24-16)21-18(25-2)23-22-15/h3-9,16,20H,1-2H3/t16-/m1/s1. The zero-order valence-corrected chi connectivity index (χ0v) is 16.1. The van der Waals surface area contributed by atoms with E-state index in [-0.39, 0.29) is 6.23 Å². The van der Waals surface area contributed by atoms with Gasteiger partial charge in [-0.1, -0.05) is 57.5 Å². The second-order valence-electron chi connectivity index (χ2n) is 5.70. The van der Waals surface area contributed by atoms with Gasteiger partial charge in [0.15, 0.2) is 11.9 Å². The molecule has 0 radical (unpaired) electrons. The van der Waals surface area contributed by atoms with Crippen LogP contribution in [0.15, 0.2) is 52.1 Å². The first kappa shape index (κ1) is 16.4. The van der Waals surface area contributed by atoms with Crippen LogP contribution in [-0.2, 0) is 0 Å². The van der Waals surface area contributed by atoms with Crippen LogP contribution in [0.25, 0.3) is 11.3 Å². The first-order valence-electron chi connectivity index (χ1n) is 7.72. The maximum Gasteiger partial charge on any atom is 0.247 e. The number of benzene rings is 2. The van der Waals surface area contributed by atoms with E-state index in [1.807, 2.05) is 24.5 Å². The highest BCUT2D eigenvalue weighted by Crippen LogP contribution is 2.40. The summed E-state index contributed by atoms with van der Waals surface area (Å²) in [6, 6.07) is 14.2. The number of hydrogen-bond donors (Lipinski definition) is 1. The summed E-state index contributed by atoms with van der Waals surface area (Å²) in [5, 5.41) is 12.6. The molecular formula is C18H15BrN4OS. The van der Waals surface area contributed by atoms with Crippen LogP contribution in [0.5, 0.6) is 5.88 Å². The van der Waals surface area contributed by atoms with E-state index in [4.69, 9.17) is 4.74 Å². The van der Waals surface area contributed by atoms with Crippen molar-refractivity contribution in [1.82, 2.24) is 15.2 Å². The number of anilines is 1. The maximum atomic E-state index is 6.19. The summed E-state index contributed by atoms with van der Waals surface area (Å²) >= 11 is 4.96. The molecule has 1 aromatic heterocycles. The zero-order valence-electron chi connectivity index (χ0n) is 13.7. The molecule has 0 saturated heterocycles. The summed E-state index contributed by atoms with van der Waals surface area (Å²) in [4.78, 5) is 4.53. The highest BCUT2D eigenvalue weighted by Gasteiger charge is 2.26. The third-order valence-electron chi connectivity index (χ3n) is 3.95. The van der Waals surface area contributed by atoms with Gasteiger partial charge < -0.3 is 10.1 Å². The molecule has 0 aliphatic carbocycles. The van der Waals surface area contributed by atoms with Crippen LogP contribution in [0.1, 0.15) is 17.4 Å². The van der Waals surface area contributed by atoms with Gasteiger partial charge in [-0.05, 0) is 31.4 Å². The van der Waals surface area contributed by atoms with E-state index in [1.54, 1.807) is 0 Å². The summed E-state index contributed by atoms with van der Waals surface area (Å²) in [7, 11) is 0. The predicted octanol–water partition coefficient (Wildman–Crippen LogP) is 4.83. The number of halogens is 1. The van der Waals surface area contributed by atoms with Crippen LogP contribution in [0.2, 0.25) is 0 Å². The molecule has 2 aromatic carbocycles. The molecule has 2 heterocycles. The Morgan fingerprint density at radius 3 is 2.68 bits per heavy atom. The van der Waals surface area contributed by atoms with E-state index < -0.39 is 0 Å². The smallest absolute Gasteiger partial charge is 0.247 e. The number of hydrogen-bond acceptors (Lipinski definition) is 6. The van der Waals surface area contributed by atoms with Gasteiger partial charge in [-0.25, -0.2) is 0 Å². The van der Waals surface area contributed by atoms with E-state index in [9.17, 15) is 0 Å². The lowest BCUT2D eigenvalue weighted by Gasteiger charge is -2.19. The zero-order chi connectivity index (χ0) is 17.4. The molecule has 4 rings (SSSR count). The van der Waals surface area contributed by atoms with Gasteiger partial charge in [0.25, 0.3) is 0 Å². The third kappa shape index (κ3) is 3.21. The molecule has 1 aliphatic rings. The fourth-order valence-corrected chi connectivity index (χ4v) is 3.31. The fraction of sp³-hybridized carbons (Fsp3) is 0.167. The average Bonchev–Trinajstić information content (AvgIpc) is 2.78. The van der Waals surface area contributed by atoms with Crippen LogP contribution in [-0.4, -0.2) is 21.4 Å². The fourth-order valence-electron chi connectivity index (χ4n) is 2.65. The van der Waals surface area contributed by atoms with Crippen molar-refractivity contribution in [3.63, 3.8) is 0 Å². The molecule has 0 bridgehead atoms. The Labute approximate surface area is 158 Å². The molecule has 25 heavy (non-hydrogen) atoms. The molecule has 0 amide bonds. The summed E-state index contributed by atoms with van der Waals surface area (Å²) in [5.41, 5.74) is 4.70. The molecule has 5 nitrogen and oxygen atoms in total. The topological polar surface area (TPSA) is 59.9 Å². The average molecular weight is 415 g/mol. The Bertz CT molecular complexity index is 933. The molecule has 7 heteroatoms. The van der Waals surface area contributed by atoms with Crippen molar-refractivity contribution in [2.75, 3.05) is 11.6 Å². The lowest BCUT2D eigenvalue weighted by atomic mass is 10.1. The Morgan fingerprint density at radius 2 is 1.92 bits per heavy atom. The van der Waals surface area contributed by atoms with Crippen LogP contribution >= 0.6 is 27.7 Å². The predicted molar refractivity (Wildman–Crippen MR) is 103 cm³/mol. The molecule has 1 aliphatic heterocycles. The lowest BCUT2D eigenvalue weighted by Crippen LogP contribution is -2.17. The first-order chi connectivity index (χ1) is 12.1. The van der Waals surface area contributed by atoms with Gasteiger partial charge in [0.05, 0.1) is 0 Å². The third-order valence-corrected chi connectivity index (χ3v) is 4.98. The van der Waals surface area contributed by atoms with Crippen LogP contribution < -0.4 is 10.1 Å². The second-order valence-corrected chi connectivity index (χ2v) is 7.38. The largest absolute Gasteiger partial charge is 0.448 e. The number of aryl methyl sites for hydroxylation is 1. The van der Waals surface area contributed by atoms with Gasteiger partial charge in [-0.2, -0.15) is 4.98 Å². The molecule has 0 spiro atoms. The molecule has 0 fully saturated rings. The Morgan fingerprint density at radius 1 is 1.12 bits per heavy atom. The van der Waals surface area contributed by atoms with Gasteiger partial charge >= 0.3 is 0 Å². The SMILES string of the molecule is CSc1nnc2c(n1)O[C@H](c1ccc(C)cc1)Nc1ccc(Br)cc1-2. The van der Waals surface area contributed by atoms with Gasteiger partial charge in [0.1, 0.15) is 0 Å². The molecule has 3 aromatic rings. The minimum atomic E-state index is -0.354. The summed E-state index contributed by atoms with van der Waals surface area (Å²) in [6.07, 6.45) is 1.56. The van der Waals surface area contributed by atoms with E-state index in [2.05, 4.69) is 67.6 Å².